The minimum Gasteiger partial charge on any atom is -0.495 e. The Labute approximate surface area is 137 Å². The number of carbonyl (C=O) groups excluding carboxylic acids is 1. The summed E-state index contributed by atoms with van der Waals surface area (Å²) in [4.78, 5) is 13.5. The topological polar surface area (TPSA) is 67.6 Å². The van der Waals surface area contributed by atoms with Crippen LogP contribution < -0.4 is 20.7 Å². The van der Waals surface area contributed by atoms with Crippen LogP contribution in [-0.4, -0.2) is 19.6 Å². The number of hydrogen-bond donors (Lipinski definition) is 2. The average Bonchev–Trinajstić information content (AvgIpc) is 2.55. The quantitative estimate of drug-likeness (QED) is 0.803. The molecule has 0 atom stereocenters. The lowest BCUT2D eigenvalue weighted by atomic mass is 10.1. The van der Waals surface area contributed by atoms with Crippen LogP contribution in [0.15, 0.2) is 42.5 Å². The third-order valence-corrected chi connectivity index (χ3v) is 3.60. The molecule has 2 aromatic rings. The monoisotopic (exact) mass is 313 g/mol. The second-order valence-corrected chi connectivity index (χ2v) is 5.29. The Balaban J connectivity index is 2.39. The van der Waals surface area contributed by atoms with Crippen molar-refractivity contribution in [3.63, 3.8) is 0 Å². The van der Waals surface area contributed by atoms with Crippen LogP contribution in [0.3, 0.4) is 0 Å². The fraction of sp³-hybridized carbons (Fsp3) is 0.278. The first-order chi connectivity index (χ1) is 11.0. The van der Waals surface area contributed by atoms with Crippen molar-refractivity contribution in [2.24, 2.45) is 0 Å². The second kappa shape index (κ2) is 7.54. The molecule has 0 bridgehead atoms. The summed E-state index contributed by atoms with van der Waals surface area (Å²) >= 11 is 0. The van der Waals surface area contributed by atoms with Crippen molar-refractivity contribution in [2.75, 3.05) is 29.6 Å². The zero-order valence-electron chi connectivity index (χ0n) is 13.8. The standard InChI is InChI=1S/C18H23N3O2/c1-4-21(12-14-8-6-5-7-9-14)17-11-16(20-13(2)22)15(19)10-18(17)23-3/h5-11H,4,12,19H2,1-3H3,(H,20,22). The highest BCUT2D eigenvalue weighted by atomic mass is 16.5. The maximum Gasteiger partial charge on any atom is 0.221 e. The minimum atomic E-state index is -0.154. The molecular formula is C18H23N3O2. The number of anilines is 3. The maximum absolute atomic E-state index is 11.4. The summed E-state index contributed by atoms with van der Waals surface area (Å²) in [5.41, 5.74) is 9.18. The highest BCUT2D eigenvalue weighted by molar-refractivity contribution is 5.94. The molecular weight excluding hydrogens is 290 g/mol. The van der Waals surface area contributed by atoms with E-state index in [0.29, 0.717) is 17.1 Å². The van der Waals surface area contributed by atoms with Crippen molar-refractivity contribution in [1.29, 1.82) is 0 Å². The fourth-order valence-corrected chi connectivity index (χ4v) is 2.46. The molecule has 0 aromatic heterocycles. The van der Waals surface area contributed by atoms with E-state index in [1.54, 1.807) is 13.2 Å². The number of amides is 1. The van der Waals surface area contributed by atoms with Gasteiger partial charge >= 0.3 is 0 Å². The Morgan fingerprint density at radius 1 is 1.26 bits per heavy atom. The summed E-state index contributed by atoms with van der Waals surface area (Å²) < 4.78 is 5.47. The number of hydrogen-bond acceptors (Lipinski definition) is 4. The van der Waals surface area contributed by atoms with Crippen LogP contribution in [0.4, 0.5) is 17.1 Å². The number of nitrogen functional groups attached to an aromatic ring is 1. The van der Waals surface area contributed by atoms with Crippen molar-refractivity contribution in [3.05, 3.63) is 48.0 Å². The number of nitrogens with zero attached hydrogens (tertiary/aromatic N) is 1. The number of carbonyl (C=O) groups is 1. The molecule has 0 saturated heterocycles. The van der Waals surface area contributed by atoms with Crippen molar-refractivity contribution >= 4 is 23.0 Å². The molecule has 2 aromatic carbocycles. The van der Waals surface area contributed by atoms with E-state index in [2.05, 4.69) is 29.3 Å². The molecule has 0 aliphatic heterocycles. The predicted octanol–water partition coefficient (Wildman–Crippen LogP) is 3.26. The van der Waals surface area contributed by atoms with Gasteiger partial charge in [0.1, 0.15) is 5.75 Å². The predicted molar refractivity (Wildman–Crippen MR) is 94.9 cm³/mol. The van der Waals surface area contributed by atoms with Crippen LogP contribution in [0.5, 0.6) is 5.75 Å². The Morgan fingerprint density at radius 3 is 2.52 bits per heavy atom. The van der Waals surface area contributed by atoms with Crippen molar-refractivity contribution in [1.82, 2.24) is 0 Å². The summed E-state index contributed by atoms with van der Waals surface area (Å²) in [7, 11) is 1.62. The highest BCUT2D eigenvalue weighted by Crippen LogP contribution is 2.36. The Kier molecular flexibility index (Phi) is 5.46. The minimum absolute atomic E-state index is 0.154. The molecule has 0 heterocycles. The first-order valence-electron chi connectivity index (χ1n) is 7.59. The van der Waals surface area contributed by atoms with Crippen LogP contribution in [-0.2, 0) is 11.3 Å². The van der Waals surface area contributed by atoms with Gasteiger partial charge in [0, 0.05) is 26.1 Å². The molecule has 0 aliphatic rings. The van der Waals surface area contributed by atoms with E-state index in [-0.39, 0.29) is 5.91 Å². The zero-order valence-corrected chi connectivity index (χ0v) is 13.8. The van der Waals surface area contributed by atoms with Gasteiger partial charge in [-0.2, -0.15) is 0 Å². The Morgan fingerprint density at radius 2 is 1.96 bits per heavy atom. The van der Waals surface area contributed by atoms with Gasteiger partial charge in [-0.15, -0.1) is 0 Å². The smallest absolute Gasteiger partial charge is 0.221 e. The lowest BCUT2D eigenvalue weighted by Crippen LogP contribution is -2.23. The summed E-state index contributed by atoms with van der Waals surface area (Å²) in [6.45, 7) is 5.09. The Hall–Kier alpha value is -2.69. The van der Waals surface area contributed by atoms with Crippen LogP contribution in [0.25, 0.3) is 0 Å². The van der Waals surface area contributed by atoms with Crippen molar-refractivity contribution in [3.8, 4) is 5.75 Å². The number of benzene rings is 2. The largest absolute Gasteiger partial charge is 0.495 e. The van der Waals surface area contributed by atoms with Gasteiger partial charge in [-0.05, 0) is 18.6 Å². The van der Waals surface area contributed by atoms with E-state index in [1.165, 1.54) is 12.5 Å². The number of nitrogens with one attached hydrogen (secondary N) is 1. The normalized spacial score (nSPS) is 10.2. The number of nitrogens with two attached hydrogens (primary N) is 1. The second-order valence-electron chi connectivity index (χ2n) is 5.29. The molecule has 0 spiro atoms. The summed E-state index contributed by atoms with van der Waals surface area (Å²) in [6, 6.07) is 13.8. The van der Waals surface area contributed by atoms with Gasteiger partial charge in [-0.1, -0.05) is 30.3 Å². The SMILES string of the molecule is CCN(Cc1ccccc1)c1cc(NC(C)=O)c(N)cc1OC. The van der Waals surface area contributed by atoms with Crippen LogP contribution >= 0.6 is 0 Å². The lowest BCUT2D eigenvalue weighted by Gasteiger charge is -2.26. The molecule has 0 unspecified atom stereocenters. The van der Waals surface area contributed by atoms with E-state index >= 15 is 0 Å². The molecule has 0 aliphatic carbocycles. The molecule has 3 N–H and O–H groups in total. The fourth-order valence-electron chi connectivity index (χ4n) is 2.46. The maximum atomic E-state index is 11.4. The van der Waals surface area contributed by atoms with Gasteiger partial charge in [-0.25, -0.2) is 0 Å². The van der Waals surface area contributed by atoms with Crippen LogP contribution in [0.2, 0.25) is 0 Å². The summed E-state index contributed by atoms with van der Waals surface area (Å²) in [6.07, 6.45) is 0. The van der Waals surface area contributed by atoms with Gasteiger partial charge in [0.05, 0.1) is 24.2 Å². The van der Waals surface area contributed by atoms with Crippen LogP contribution in [0.1, 0.15) is 19.4 Å². The average molecular weight is 313 g/mol. The molecule has 0 saturated carbocycles. The third kappa shape index (κ3) is 4.16. The molecule has 0 fully saturated rings. The lowest BCUT2D eigenvalue weighted by molar-refractivity contribution is -0.114. The molecule has 23 heavy (non-hydrogen) atoms. The first-order valence-corrected chi connectivity index (χ1v) is 7.59. The van der Waals surface area contributed by atoms with E-state index < -0.39 is 0 Å². The number of methoxy groups -OCH3 is 1. The van der Waals surface area contributed by atoms with E-state index in [9.17, 15) is 4.79 Å². The number of rotatable bonds is 6. The van der Waals surface area contributed by atoms with Crippen molar-refractivity contribution in [2.45, 2.75) is 20.4 Å². The Bertz CT molecular complexity index is 671. The van der Waals surface area contributed by atoms with Gasteiger partial charge in [0.25, 0.3) is 0 Å². The highest BCUT2D eigenvalue weighted by Gasteiger charge is 2.15. The van der Waals surface area contributed by atoms with E-state index in [4.69, 9.17) is 10.5 Å². The van der Waals surface area contributed by atoms with Gasteiger partial charge in [0.2, 0.25) is 5.91 Å². The van der Waals surface area contributed by atoms with Gasteiger partial charge in [-0.3, -0.25) is 4.79 Å². The summed E-state index contributed by atoms with van der Waals surface area (Å²) in [5.74, 6) is 0.535. The van der Waals surface area contributed by atoms with E-state index in [1.807, 2.05) is 24.3 Å². The molecule has 122 valence electrons. The molecule has 5 nitrogen and oxygen atoms in total. The first kappa shape index (κ1) is 16.7. The van der Waals surface area contributed by atoms with Gasteiger partial charge in [0.15, 0.2) is 0 Å². The van der Waals surface area contributed by atoms with E-state index in [0.717, 1.165) is 18.8 Å². The summed E-state index contributed by atoms with van der Waals surface area (Å²) in [5, 5.41) is 2.76. The third-order valence-electron chi connectivity index (χ3n) is 3.60. The number of ether oxygens (including phenoxy) is 1. The molecule has 2 rings (SSSR count). The van der Waals surface area contributed by atoms with Gasteiger partial charge < -0.3 is 20.7 Å². The zero-order chi connectivity index (χ0) is 16.8. The molecule has 5 heteroatoms. The molecule has 1 amide bonds. The molecule has 0 radical (unpaired) electrons. The van der Waals surface area contributed by atoms with Crippen molar-refractivity contribution < 1.29 is 9.53 Å². The van der Waals surface area contributed by atoms with Crippen LogP contribution in [0, 0.1) is 0 Å².